The molecule has 98 valence electrons. The van der Waals surface area contributed by atoms with Crippen LogP contribution in [0.2, 0.25) is 0 Å². The van der Waals surface area contributed by atoms with Crippen molar-refractivity contribution in [2.24, 2.45) is 16.5 Å². The van der Waals surface area contributed by atoms with Crippen LogP contribution in [0.15, 0.2) is 23.2 Å². The summed E-state index contributed by atoms with van der Waals surface area (Å²) in [5.41, 5.74) is 14.4. The van der Waals surface area contributed by atoms with Crippen molar-refractivity contribution in [1.82, 2.24) is 4.90 Å². The van der Waals surface area contributed by atoms with E-state index in [1.165, 1.54) is 4.90 Å². The van der Waals surface area contributed by atoms with Crippen molar-refractivity contribution in [2.75, 3.05) is 7.05 Å². The average Bonchev–Trinajstić information content (AvgIpc) is 2.37. The van der Waals surface area contributed by atoms with Crippen LogP contribution in [-0.2, 0) is 12.8 Å². The van der Waals surface area contributed by atoms with Gasteiger partial charge in [0.2, 0.25) is 5.96 Å². The highest BCUT2D eigenvalue weighted by atomic mass is 15.3. The van der Waals surface area contributed by atoms with Gasteiger partial charge < -0.3 is 11.5 Å². The maximum atomic E-state index is 7.34. The highest BCUT2D eigenvalue weighted by Gasteiger charge is 2.09. The highest BCUT2D eigenvalue weighted by molar-refractivity contribution is 5.96. The Morgan fingerprint density at radius 1 is 1.22 bits per heavy atom. The largest absolute Gasteiger partial charge is 0.370 e. The van der Waals surface area contributed by atoms with Crippen LogP contribution in [0, 0.1) is 5.41 Å². The Balaban J connectivity index is 3.23. The second kappa shape index (κ2) is 6.05. The summed E-state index contributed by atoms with van der Waals surface area (Å²) in [4.78, 5) is 5.77. The van der Waals surface area contributed by atoms with E-state index in [0.29, 0.717) is 0 Å². The highest BCUT2D eigenvalue weighted by Crippen LogP contribution is 2.25. The second-order valence-corrected chi connectivity index (χ2v) is 4.05. The van der Waals surface area contributed by atoms with Crippen LogP contribution in [0.3, 0.4) is 0 Å². The predicted octanol–water partition coefficient (Wildman–Crippen LogP) is 1.58. The lowest BCUT2D eigenvalue weighted by Gasteiger charge is -2.16. The molecule has 5 heteroatoms. The second-order valence-electron chi connectivity index (χ2n) is 4.05. The Morgan fingerprint density at radius 3 is 2.11 bits per heavy atom. The number of aryl methyl sites for hydroxylation is 2. The molecular weight excluding hydrogens is 226 g/mol. The fourth-order valence-electron chi connectivity index (χ4n) is 1.67. The number of nitrogens with two attached hydrogens (primary N) is 2. The summed E-state index contributed by atoms with van der Waals surface area (Å²) >= 11 is 0. The molecule has 0 saturated carbocycles. The summed E-state index contributed by atoms with van der Waals surface area (Å²) in [6.07, 6.45) is 1.79. The van der Waals surface area contributed by atoms with E-state index in [1.807, 2.05) is 18.2 Å². The first-order valence-electron chi connectivity index (χ1n) is 6.03. The molecule has 1 aromatic rings. The van der Waals surface area contributed by atoms with E-state index >= 15 is 0 Å². The molecule has 0 atom stereocenters. The van der Waals surface area contributed by atoms with Gasteiger partial charge in [-0.05, 0) is 24.0 Å². The van der Waals surface area contributed by atoms with Gasteiger partial charge in [0.05, 0.1) is 5.69 Å². The third-order valence-corrected chi connectivity index (χ3v) is 2.90. The summed E-state index contributed by atoms with van der Waals surface area (Å²) < 4.78 is 0. The van der Waals surface area contributed by atoms with Gasteiger partial charge in [-0.1, -0.05) is 32.0 Å². The average molecular weight is 247 g/mol. The van der Waals surface area contributed by atoms with Gasteiger partial charge in [-0.3, -0.25) is 10.3 Å². The zero-order valence-corrected chi connectivity index (χ0v) is 11.2. The molecule has 5 nitrogen and oxygen atoms in total. The summed E-state index contributed by atoms with van der Waals surface area (Å²) in [5, 5.41) is 7.34. The van der Waals surface area contributed by atoms with Crippen molar-refractivity contribution >= 4 is 17.6 Å². The van der Waals surface area contributed by atoms with Gasteiger partial charge in [0, 0.05) is 7.05 Å². The van der Waals surface area contributed by atoms with Crippen LogP contribution >= 0.6 is 0 Å². The van der Waals surface area contributed by atoms with Crippen molar-refractivity contribution in [1.29, 1.82) is 5.41 Å². The van der Waals surface area contributed by atoms with Gasteiger partial charge in [0.1, 0.15) is 0 Å². The van der Waals surface area contributed by atoms with Crippen LogP contribution < -0.4 is 11.5 Å². The van der Waals surface area contributed by atoms with Crippen molar-refractivity contribution in [2.45, 2.75) is 26.7 Å². The standard InChI is InChI=1S/C13H21N5/c1-4-9-7-6-8-10(5-2)11(9)17-13(16)18(3)12(14)15/h6-8H,4-5H2,1-3H3,(H3,14,15)(H2,16,17). The number of nitrogens with one attached hydrogen (secondary N) is 1. The summed E-state index contributed by atoms with van der Waals surface area (Å²) in [7, 11) is 1.63. The minimum atomic E-state index is -0.122. The molecule has 0 spiro atoms. The van der Waals surface area contributed by atoms with Crippen LogP contribution in [-0.4, -0.2) is 23.9 Å². The van der Waals surface area contributed by atoms with E-state index in [0.717, 1.165) is 29.7 Å². The minimum absolute atomic E-state index is 0.122. The monoisotopic (exact) mass is 247 g/mol. The van der Waals surface area contributed by atoms with Crippen molar-refractivity contribution in [3.8, 4) is 0 Å². The summed E-state index contributed by atoms with van der Waals surface area (Å²) in [5.74, 6) is 0.112. The molecule has 0 aromatic heterocycles. The number of guanidine groups is 2. The molecule has 0 amide bonds. The van der Waals surface area contributed by atoms with Crippen LogP contribution in [0.4, 0.5) is 5.69 Å². The third kappa shape index (κ3) is 3.00. The molecule has 0 radical (unpaired) electrons. The number of rotatable bonds is 3. The molecule has 1 rings (SSSR count). The zero-order valence-electron chi connectivity index (χ0n) is 11.2. The summed E-state index contributed by atoms with van der Waals surface area (Å²) in [6.45, 7) is 4.16. The molecule has 0 aliphatic carbocycles. The lowest BCUT2D eigenvalue weighted by molar-refractivity contribution is 0.723. The molecule has 0 saturated heterocycles. The van der Waals surface area contributed by atoms with E-state index < -0.39 is 0 Å². The lowest BCUT2D eigenvalue weighted by atomic mass is 10.0. The maximum absolute atomic E-state index is 7.34. The molecule has 0 aliphatic heterocycles. The number of benzene rings is 1. The van der Waals surface area contributed by atoms with Crippen molar-refractivity contribution < 1.29 is 0 Å². The molecule has 0 bridgehead atoms. The minimum Gasteiger partial charge on any atom is -0.370 e. The lowest BCUT2D eigenvalue weighted by Crippen LogP contribution is -2.42. The van der Waals surface area contributed by atoms with E-state index in [9.17, 15) is 0 Å². The van der Waals surface area contributed by atoms with E-state index in [1.54, 1.807) is 7.05 Å². The molecular formula is C13H21N5. The first-order valence-corrected chi connectivity index (χ1v) is 6.03. The van der Waals surface area contributed by atoms with Gasteiger partial charge in [0.15, 0.2) is 5.96 Å². The van der Waals surface area contributed by atoms with Crippen molar-refractivity contribution in [3.63, 3.8) is 0 Å². The quantitative estimate of drug-likeness (QED) is 0.559. The smallest absolute Gasteiger partial charge is 0.203 e. The topological polar surface area (TPSA) is 91.5 Å². The van der Waals surface area contributed by atoms with Crippen LogP contribution in [0.1, 0.15) is 25.0 Å². The number of aliphatic imine (C=N–C) groups is 1. The zero-order chi connectivity index (χ0) is 13.7. The molecule has 0 aliphatic rings. The molecule has 0 unspecified atom stereocenters. The normalized spacial score (nSPS) is 11.4. The number of para-hydroxylation sites is 1. The molecule has 5 N–H and O–H groups in total. The first kappa shape index (κ1) is 14.0. The Kier molecular flexibility index (Phi) is 4.71. The van der Waals surface area contributed by atoms with Gasteiger partial charge in [0.25, 0.3) is 0 Å². The van der Waals surface area contributed by atoms with E-state index in [2.05, 4.69) is 18.8 Å². The molecule has 18 heavy (non-hydrogen) atoms. The van der Waals surface area contributed by atoms with Gasteiger partial charge in [-0.25, -0.2) is 4.99 Å². The Hall–Kier alpha value is -2.04. The van der Waals surface area contributed by atoms with Gasteiger partial charge in [-0.2, -0.15) is 0 Å². The summed E-state index contributed by atoms with van der Waals surface area (Å²) in [6, 6.07) is 6.11. The molecule has 1 aromatic carbocycles. The van der Waals surface area contributed by atoms with Crippen molar-refractivity contribution in [3.05, 3.63) is 29.3 Å². The SMILES string of the molecule is CCc1cccc(CC)c1N=C(N)N(C)C(=N)N. The third-order valence-electron chi connectivity index (χ3n) is 2.90. The Morgan fingerprint density at radius 2 is 1.72 bits per heavy atom. The van der Waals surface area contributed by atoms with Gasteiger partial charge in [-0.15, -0.1) is 0 Å². The fraction of sp³-hybridized carbons (Fsp3) is 0.385. The Labute approximate surface area is 108 Å². The van der Waals surface area contributed by atoms with E-state index in [-0.39, 0.29) is 11.9 Å². The number of hydrogen-bond acceptors (Lipinski definition) is 2. The van der Waals surface area contributed by atoms with Gasteiger partial charge >= 0.3 is 0 Å². The van der Waals surface area contributed by atoms with E-state index in [4.69, 9.17) is 16.9 Å². The fourth-order valence-corrected chi connectivity index (χ4v) is 1.67. The predicted molar refractivity (Wildman–Crippen MR) is 76.2 cm³/mol. The number of nitrogens with zero attached hydrogens (tertiary/aromatic N) is 2. The van der Waals surface area contributed by atoms with Crippen LogP contribution in [0.25, 0.3) is 0 Å². The molecule has 0 heterocycles. The first-order chi connectivity index (χ1) is 8.51. The molecule has 0 fully saturated rings. The number of hydrogen-bond donors (Lipinski definition) is 3. The maximum Gasteiger partial charge on any atom is 0.203 e. The Bertz CT molecular complexity index is 442. The van der Waals surface area contributed by atoms with Crippen LogP contribution in [0.5, 0.6) is 0 Å².